The first-order chi connectivity index (χ1) is 11.5. The number of phenols is 1. The maximum absolute atomic E-state index is 13.2. The maximum Gasteiger partial charge on any atom is 0.241 e. The van der Waals surface area contributed by atoms with Gasteiger partial charge in [0.1, 0.15) is 11.6 Å². The summed E-state index contributed by atoms with van der Waals surface area (Å²) in [6.45, 7) is 0.233. The van der Waals surface area contributed by atoms with E-state index < -0.39 is 0 Å². The molecular weight excluding hydrogens is 376 g/mol. The molecule has 0 amide bonds. The monoisotopic (exact) mass is 385 g/mol. The Morgan fingerprint density at radius 2 is 2.08 bits per heavy atom. The van der Waals surface area contributed by atoms with Gasteiger partial charge in [0.15, 0.2) is 0 Å². The van der Waals surface area contributed by atoms with Crippen LogP contribution in [0, 0.1) is 5.82 Å². The van der Waals surface area contributed by atoms with Crippen molar-refractivity contribution in [2.75, 3.05) is 0 Å². The van der Waals surface area contributed by atoms with Crippen molar-refractivity contribution in [2.45, 2.75) is 11.4 Å². The van der Waals surface area contributed by atoms with E-state index in [-0.39, 0.29) is 23.1 Å². The zero-order chi connectivity index (χ0) is 17.1. The SMILES string of the molecule is Oc1c(Cl)cc(Cl)cc1SNCc1nc(-c2cccc(F)c2)no1. The first kappa shape index (κ1) is 17.0. The summed E-state index contributed by atoms with van der Waals surface area (Å²) in [6, 6.07) is 8.94. The van der Waals surface area contributed by atoms with Crippen LogP contribution in [0.2, 0.25) is 10.0 Å². The summed E-state index contributed by atoms with van der Waals surface area (Å²) in [5, 5.41) is 14.2. The molecule has 0 aliphatic carbocycles. The highest BCUT2D eigenvalue weighted by molar-refractivity contribution is 7.97. The average Bonchev–Trinajstić information content (AvgIpc) is 3.01. The maximum atomic E-state index is 13.2. The van der Waals surface area contributed by atoms with Crippen molar-refractivity contribution in [3.8, 4) is 17.1 Å². The van der Waals surface area contributed by atoms with Gasteiger partial charge in [-0.15, -0.1) is 0 Å². The van der Waals surface area contributed by atoms with Crippen LogP contribution < -0.4 is 4.72 Å². The summed E-state index contributed by atoms with van der Waals surface area (Å²) in [7, 11) is 0. The number of nitrogens with one attached hydrogen (secondary N) is 1. The summed E-state index contributed by atoms with van der Waals surface area (Å²) in [5.74, 6) is 0.171. The van der Waals surface area contributed by atoms with Crippen LogP contribution in [0.4, 0.5) is 4.39 Å². The molecule has 3 rings (SSSR count). The van der Waals surface area contributed by atoms with E-state index in [1.807, 2.05) is 0 Å². The number of nitrogens with zero attached hydrogens (tertiary/aromatic N) is 2. The van der Waals surface area contributed by atoms with Gasteiger partial charge < -0.3 is 9.63 Å². The number of hydrogen-bond acceptors (Lipinski definition) is 6. The molecule has 0 aliphatic heterocycles. The normalized spacial score (nSPS) is 11.0. The lowest BCUT2D eigenvalue weighted by atomic mass is 10.2. The molecule has 124 valence electrons. The zero-order valence-corrected chi connectivity index (χ0v) is 14.3. The van der Waals surface area contributed by atoms with Crippen molar-refractivity contribution >= 4 is 35.1 Å². The van der Waals surface area contributed by atoms with Crippen LogP contribution in [0.15, 0.2) is 45.8 Å². The molecule has 0 bridgehead atoms. The molecule has 0 fully saturated rings. The molecule has 0 saturated heterocycles. The van der Waals surface area contributed by atoms with Crippen molar-refractivity contribution in [3.63, 3.8) is 0 Å². The molecule has 1 aromatic heterocycles. The topological polar surface area (TPSA) is 71.2 Å². The highest BCUT2D eigenvalue weighted by Gasteiger charge is 2.11. The predicted molar refractivity (Wildman–Crippen MR) is 90.5 cm³/mol. The largest absolute Gasteiger partial charge is 0.505 e. The van der Waals surface area contributed by atoms with Crippen LogP contribution in [-0.2, 0) is 6.54 Å². The van der Waals surface area contributed by atoms with E-state index in [2.05, 4.69) is 14.9 Å². The van der Waals surface area contributed by atoms with Gasteiger partial charge in [-0.25, -0.2) is 4.39 Å². The van der Waals surface area contributed by atoms with Crippen molar-refractivity contribution in [1.29, 1.82) is 0 Å². The molecule has 0 radical (unpaired) electrons. The van der Waals surface area contributed by atoms with E-state index in [4.69, 9.17) is 27.7 Å². The molecule has 3 aromatic rings. The Kier molecular flexibility index (Phi) is 5.25. The summed E-state index contributed by atoms with van der Waals surface area (Å²) in [4.78, 5) is 4.65. The highest BCUT2D eigenvalue weighted by Crippen LogP contribution is 2.36. The second-order valence-electron chi connectivity index (χ2n) is 4.68. The number of benzene rings is 2. The first-order valence-corrected chi connectivity index (χ1v) is 8.26. The third-order valence-electron chi connectivity index (χ3n) is 2.95. The summed E-state index contributed by atoms with van der Waals surface area (Å²) < 4.78 is 21.3. The Morgan fingerprint density at radius 3 is 2.88 bits per heavy atom. The van der Waals surface area contributed by atoms with Crippen LogP contribution in [-0.4, -0.2) is 15.2 Å². The lowest BCUT2D eigenvalue weighted by molar-refractivity contribution is 0.377. The Morgan fingerprint density at radius 1 is 1.25 bits per heavy atom. The molecule has 0 unspecified atom stereocenters. The zero-order valence-electron chi connectivity index (χ0n) is 12.0. The molecule has 5 nitrogen and oxygen atoms in total. The second kappa shape index (κ2) is 7.40. The Balaban J connectivity index is 1.64. The second-order valence-corrected chi connectivity index (χ2v) is 6.46. The number of aromatic nitrogens is 2. The van der Waals surface area contributed by atoms with Crippen molar-refractivity contribution in [1.82, 2.24) is 14.9 Å². The number of halogens is 3. The minimum absolute atomic E-state index is 0.0652. The van der Waals surface area contributed by atoms with Gasteiger partial charge in [0, 0.05) is 10.6 Å². The number of hydrogen-bond donors (Lipinski definition) is 2. The number of aromatic hydroxyl groups is 1. The van der Waals surface area contributed by atoms with Gasteiger partial charge in [0.2, 0.25) is 11.7 Å². The highest BCUT2D eigenvalue weighted by atomic mass is 35.5. The number of phenolic OH excluding ortho intramolecular Hbond substituents is 1. The van der Waals surface area contributed by atoms with Gasteiger partial charge in [-0.1, -0.05) is 40.5 Å². The van der Waals surface area contributed by atoms with Gasteiger partial charge in [0.25, 0.3) is 0 Å². The van der Waals surface area contributed by atoms with E-state index >= 15 is 0 Å². The van der Waals surface area contributed by atoms with E-state index in [1.165, 1.54) is 18.2 Å². The van der Waals surface area contributed by atoms with Gasteiger partial charge >= 0.3 is 0 Å². The Hall–Kier alpha value is -1.80. The molecule has 0 aliphatic rings. The first-order valence-electron chi connectivity index (χ1n) is 6.69. The fourth-order valence-electron chi connectivity index (χ4n) is 1.87. The van der Waals surface area contributed by atoms with Gasteiger partial charge in [-0.05, 0) is 36.2 Å². The van der Waals surface area contributed by atoms with Crippen molar-refractivity contribution in [2.24, 2.45) is 0 Å². The molecule has 24 heavy (non-hydrogen) atoms. The van der Waals surface area contributed by atoms with Crippen molar-refractivity contribution in [3.05, 3.63) is 58.2 Å². The number of rotatable bonds is 5. The van der Waals surface area contributed by atoms with Gasteiger partial charge in [0.05, 0.1) is 16.5 Å². The summed E-state index contributed by atoms with van der Waals surface area (Å²) in [6.07, 6.45) is 0. The average molecular weight is 386 g/mol. The quantitative estimate of drug-likeness (QED) is 0.621. The molecule has 9 heteroatoms. The van der Waals surface area contributed by atoms with Crippen LogP contribution in [0.25, 0.3) is 11.4 Å². The summed E-state index contributed by atoms with van der Waals surface area (Å²) >= 11 is 12.9. The third kappa shape index (κ3) is 3.99. The minimum atomic E-state index is -0.374. The molecule has 0 atom stereocenters. The van der Waals surface area contributed by atoms with Crippen LogP contribution >= 0.6 is 35.1 Å². The predicted octanol–water partition coefficient (Wildman–Crippen LogP) is 4.69. The Labute approximate surface area is 150 Å². The molecule has 0 spiro atoms. The molecular formula is C15H10Cl2FN3O2S. The molecule has 0 saturated carbocycles. The molecule has 1 heterocycles. The lowest BCUT2D eigenvalue weighted by Gasteiger charge is -2.06. The molecule has 2 N–H and O–H groups in total. The third-order valence-corrected chi connectivity index (χ3v) is 4.28. The fraction of sp³-hybridized carbons (Fsp3) is 0.0667. The van der Waals surface area contributed by atoms with Gasteiger partial charge in [-0.2, -0.15) is 4.98 Å². The summed E-state index contributed by atoms with van der Waals surface area (Å²) in [5.41, 5.74) is 0.525. The lowest BCUT2D eigenvalue weighted by Crippen LogP contribution is -2.03. The van der Waals surface area contributed by atoms with E-state index in [0.29, 0.717) is 27.2 Å². The Bertz CT molecular complexity index is 876. The molecule has 2 aromatic carbocycles. The van der Waals surface area contributed by atoms with Crippen molar-refractivity contribution < 1.29 is 14.0 Å². The van der Waals surface area contributed by atoms with E-state index in [0.717, 1.165) is 11.9 Å². The van der Waals surface area contributed by atoms with Crippen LogP contribution in [0.1, 0.15) is 5.89 Å². The van der Waals surface area contributed by atoms with Crippen LogP contribution in [0.5, 0.6) is 5.75 Å². The van der Waals surface area contributed by atoms with E-state index in [1.54, 1.807) is 18.2 Å². The van der Waals surface area contributed by atoms with Gasteiger partial charge in [-0.3, -0.25) is 4.72 Å². The standard InChI is InChI=1S/C15H10Cl2FN3O2S/c16-9-5-11(17)14(22)12(6-9)24-19-7-13-20-15(21-23-13)8-2-1-3-10(18)4-8/h1-6,19,22H,7H2. The fourth-order valence-corrected chi connectivity index (χ4v) is 3.23. The van der Waals surface area contributed by atoms with E-state index in [9.17, 15) is 9.50 Å². The minimum Gasteiger partial charge on any atom is -0.505 e. The smallest absolute Gasteiger partial charge is 0.241 e. The van der Waals surface area contributed by atoms with Crippen LogP contribution in [0.3, 0.4) is 0 Å².